The van der Waals surface area contributed by atoms with Crippen LogP contribution in [0.1, 0.15) is 49.9 Å². The van der Waals surface area contributed by atoms with Crippen molar-refractivity contribution in [1.29, 1.82) is 0 Å². The number of hydrogen-bond donors (Lipinski definition) is 2. The molecule has 2 saturated heterocycles. The van der Waals surface area contributed by atoms with Gasteiger partial charge in [0.25, 0.3) is 5.91 Å². The average Bonchev–Trinajstić information content (AvgIpc) is 2.86. The molecule has 24 heavy (non-hydrogen) atoms. The summed E-state index contributed by atoms with van der Waals surface area (Å²) in [6.07, 6.45) is 4.34. The molecule has 2 N–H and O–H groups in total. The van der Waals surface area contributed by atoms with Crippen LogP contribution >= 0.6 is 12.4 Å². The lowest BCUT2D eigenvalue weighted by Crippen LogP contribution is -2.48. The molecule has 1 amide bonds. The Labute approximate surface area is 149 Å². The molecule has 2 aliphatic rings. The number of carbonyl (C=O) groups is 1. The minimum absolute atomic E-state index is 0. The molecule has 2 aliphatic heterocycles. The summed E-state index contributed by atoms with van der Waals surface area (Å²) in [5, 5.41) is 6.17. The lowest BCUT2D eigenvalue weighted by molar-refractivity contribution is 0.0924. The molecule has 0 aromatic heterocycles. The van der Waals surface area contributed by atoms with Crippen molar-refractivity contribution in [2.45, 2.75) is 67.8 Å². The molecule has 0 radical (unpaired) electrons. The fraction of sp³-hybridized carbons (Fsp3) is 0.588. The number of halogens is 1. The van der Waals surface area contributed by atoms with E-state index in [1.165, 1.54) is 25.0 Å². The molecular weight excluding hydrogens is 348 g/mol. The number of benzene rings is 1. The summed E-state index contributed by atoms with van der Waals surface area (Å²) in [4.78, 5) is 12.6. The lowest BCUT2D eigenvalue weighted by Gasteiger charge is -2.29. The van der Waals surface area contributed by atoms with Crippen LogP contribution in [0, 0.1) is 0 Å². The highest BCUT2D eigenvalue weighted by atomic mass is 35.5. The summed E-state index contributed by atoms with van der Waals surface area (Å²) in [6.45, 7) is 3.31. The van der Waals surface area contributed by atoms with Gasteiger partial charge in [0.1, 0.15) is 0 Å². The van der Waals surface area contributed by atoms with E-state index in [-0.39, 0.29) is 29.3 Å². The van der Waals surface area contributed by atoms with Gasteiger partial charge in [-0.15, -0.1) is 12.4 Å². The molecule has 1 aromatic rings. The topological polar surface area (TPSA) is 75.3 Å². The van der Waals surface area contributed by atoms with Gasteiger partial charge in [0.15, 0.2) is 9.84 Å². The van der Waals surface area contributed by atoms with Crippen LogP contribution in [0.5, 0.6) is 0 Å². The van der Waals surface area contributed by atoms with E-state index in [1.807, 2.05) is 0 Å². The Morgan fingerprint density at radius 2 is 1.67 bits per heavy atom. The van der Waals surface area contributed by atoms with Gasteiger partial charge in [-0.05, 0) is 63.8 Å². The summed E-state index contributed by atoms with van der Waals surface area (Å²) in [5.74, 6) is -0.121. The van der Waals surface area contributed by atoms with Gasteiger partial charge in [-0.1, -0.05) is 0 Å². The molecule has 0 aliphatic carbocycles. The number of carbonyl (C=O) groups excluding carboxylic acids is 1. The molecular formula is C17H25ClN2O3S. The molecule has 134 valence electrons. The summed E-state index contributed by atoms with van der Waals surface area (Å²) < 4.78 is 24.2. The molecule has 2 unspecified atom stereocenters. The molecule has 1 aromatic carbocycles. The molecule has 7 heteroatoms. The van der Waals surface area contributed by atoms with Gasteiger partial charge in [0, 0.05) is 23.7 Å². The molecule has 5 nitrogen and oxygen atoms in total. The monoisotopic (exact) mass is 372 g/mol. The van der Waals surface area contributed by atoms with E-state index in [1.54, 1.807) is 26.0 Å². The predicted octanol–water partition coefficient (Wildman–Crippen LogP) is 2.30. The summed E-state index contributed by atoms with van der Waals surface area (Å²) in [7, 11) is -3.29. The molecule has 0 spiro atoms. The number of hydrogen-bond acceptors (Lipinski definition) is 4. The maximum Gasteiger partial charge on any atom is 0.251 e. The van der Waals surface area contributed by atoms with E-state index in [0.29, 0.717) is 17.6 Å². The summed E-state index contributed by atoms with van der Waals surface area (Å²) in [6, 6.07) is 7.50. The Hall–Kier alpha value is -1.11. The Bertz CT molecular complexity index is 676. The van der Waals surface area contributed by atoms with Gasteiger partial charge in [-0.2, -0.15) is 0 Å². The predicted molar refractivity (Wildman–Crippen MR) is 96.4 cm³/mol. The van der Waals surface area contributed by atoms with Crippen molar-refractivity contribution < 1.29 is 13.2 Å². The first-order valence-corrected chi connectivity index (χ1v) is 9.82. The highest BCUT2D eigenvalue weighted by Crippen LogP contribution is 2.27. The van der Waals surface area contributed by atoms with Gasteiger partial charge >= 0.3 is 0 Å². The third-order valence-corrected chi connectivity index (χ3v) is 7.04. The molecule has 2 fully saturated rings. The minimum atomic E-state index is -3.29. The molecule has 3 rings (SSSR count). The maximum atomic E-state index is 12.4. The van der Waals surface area contributed by atoms with Crippen LogP contribution in [0.2, 0.25) is 0 Å². The zero-order valence-corrected chi connectivity index (χ0v) is 15.6. The summed E-state index contributed by atoms with van der Waals surface area (Å²) >= 11 is 0. The second-order valence-electron chi connectivity index (χ2n) is 6.90. The molecule has 2 bridgehead atoms. The Morgan fingerprint density at radius 3 is 2.17 bits per heavy atom. The molecule has 2 heterocycles. The van der Waals surface area contributed by atoms with Crippen molar-refractivity contribution in [2.75, 3.05) is 0 Å². The smallest absolute Gasteiger partial charge is 0.251 e. The first kappa shape index (κ1) is 19.2. The SMILES string of the molecule is CC(C)S(=O)(=O)c1ccc(C(=O)NC2CC3CCC(C2)N3)cc1.Cl. The standard InChI is InChI=1S/C17H24N2O3S.ClH/c1-11(2)23(21,22)16-7-3-12(4-8-16)17(20)19-15-9-13-5-6-14(10-15)18-13;/h3-4,7-8,11,13-15,18H,5-6,9-10H2,1-2H3,(H,19,20);1H. The lowest BCUT2D eigenvalue weighted by atomic mass is 9.99. The number of sulfone groups is 1. The van der Waals surface area contributed by atoms with Gasteiger partial charge in [0.2, 0.25) is 0 Å². The number of fused-ring (bicyclic) bond motifs is 2. The van der Waals surface area contributed by atoms with Gasteiger partial charge in [-0.25, -0.2) is 8.42 Å². The fourth-order valence-electron chi connectivity index (χ4n) is 3.51. The van der Waals surface area contributed by atoms with Crippen LogP contribution in [-0.2, 0) is 9.84 Å². The fourth-order valence-corrected chi connectivity index (χ4v) is 4.57. The van der Waals surface area contributed by atoms with Crippen LogP contribution in [0.3, 0.4) is 0 Å². The van der Waals surface area contributed by atoms with Crippen LogP contribution < -0.4 is 10.6 Å². The number of nitrogens with one attached hydrogen (secondary N) is 2. The zero-order chi connectivity index (χ0) is 16.6. The maximum absolute atomic E-state index is 12.4. The molecule has 0 saturated carbocycles. The zero-order valence-electron chi connectivity index (χ0n) is 14.0. The van der Waals surface area contributed by atoms with E-state index < -0.39 is 15.1 Å². The minimum Gasteiger partial charge on any atom is -0.349 e. The largest absolute Gasteiger partial charge is 0.349 e. The van der Waals surface area contributed by atoms with Crippen molar-refractivity contribution in [2.24, 2.45) is 0 Å². The van der Waals surface area contributed by atoms with Gasteiger partial charge < -0.3 is 10.6 Å². The quantitative estimate of drug-likeness (QED) is 0.850. The first-order chi connectivity index (χ1) is 10.9. The van der Waals surface area contributed by atoms with Crippen molar-refractivity contribution in [3.63, 3.8) is 0 Å². The highest BCUT2D eigenvalue weighted by Gasteiger charge is 2.34. The number of amides is 1. The van der Waals surface area contributed by atoms with E-state index in [9.17, 15) is 13.2 Å². The van der Waals surface area contributed by atoms with Crippen LogP contribution in [-0.4, -0.2) is 37.7 Å². The summed E-state index contributed by atoms with van der Waals surface area (Å²) in [5.41, 5.74) is 0.513. The van der Waals surface area contributed by atoms with Crippen molar-refractivity contribution in [1.82, 2.24) is 10.6 Å². The Balaban J connectivity index is 0.00000208. The van der Waals surface area contributed by atoms with Crippen LogP contribution in [0.4, 0.5) is 0 Å². The van der Waals surface area contributed by atoms with E-state index in [0.717, 1.165) is 12.8 Å². The number of piperidine rings is 1. The van der Waals surface area contributed by atoms with E-state index >= 15 is 0 Å². The average molecular weight is 373 g/mol. The Morgan fingerprint density at radius 1 is 1.12 bits per heavy atom. The second-order valence-corrected chi connectivity index (χ2v) is 9.40. The van der Waals surface area contributed by atoms with E-state index in [2.05, 4.69) is 10.6 Å². The van der Waals surface area contributed by atoms with Gasteiger partial charge in [-0.3, -0.25) is 4.79 Å². The highest BCUT2D eigenvalue weighted by molar-refractivity contribution is 7.92. The van der Waals surface area contributed by atoms with Crippen molar-refractivity contribution >= 4 is 28.2 Å². The third-order valence-electron chi connectivity index (χ3n) is 4.87. The van der Waals surface area contributed by atoms with Crippen molar-refractivity contribution in [3.8, 4) is 0 Å². The first-order valence-electron chi connectivity index (χ1n) is 8.27. The van der Waals surface area contributed by atoms with E-state index in [4.69, 9.17) is 0 Å². The Kier molecular flexibility index (Phi) is 5.94. The van der Waals surface area contributed by atoms with Crippen LogP contribution in [0.15, 0.2) is 29.2 Å². The second kappa shape index (κ2) is 7.42. The third kappa shape index (κ3) is 3.92. The van der Waals surface area contributed by atoms with Crippen LogP contribution in [0.25, 0.3) is 0 Å². The molecule has 2 atom stereocenters. The number of rotatable bonds is 4. The van der Waals surface area contributed by atoms with Gasteiger partial charge in [0.05, 0.1) is 10.1 Å². The normalized spacial score (nSPS) is 26.0. The van der Waals surface area contributed by atoms with Crippen molar-refractivity contribution in [3.05, 3.63) is 29.8 Å².